The second-order valence-corrected chi connectivity index (χ2v) is 18.5. The van der Waals surface area contributed by atoms with Crippen molar-refractivity contribution in [1.29, 1.82) is 0 Å². The zero-order chi connectivity index (χ0) is 48.6. The normalized spacial score (nSPS) is 12.4. The molecule has 1 N–H and O–H groups in total. The molecule has 10 nitrogen and oxygen atoms in total. The summed E-state index contributed by atoms with van der Waals surface area (Å²) in [5.74, 6) is -0.650. The van der Waals surface area contributed by atoms with Crippen molar-refractivity contribution in [2.45, 2.75) is 239 Å². The fourth-order valence-corrected chi connectivity index (χ4v) is 7.20. The summed E-state index contributed by atoms with van der Waals surface area (Å²) < 4.78 is 22.6. The molecule has 0 aliphatic heterocycles. The van der Waals surface area contributed by atoms with Crippen LogP contribution in [-0.2, 0) is 33.3 Å². The maximum Gasteiger partial charge on any atom is 0.407 e. The predicted octanol–water partition coefficient (Wildman–Crippen LogP) is 14.7. The molecule has 0 bridgehead atoms. The number of alkyl carbamates (subject to hydrolysis) is 1. The molecule has 1 amide bonds. The number of likely N-dealkylation sites (N-methyl/N-ethyl adjacent to an activating group) is 1. The van der Waals surface area contributed by atoms with Crippen LogP contribution < -0.4 is 5.32 Å². The van der Waals surface area contributed by atoms with E-state index in [1.807, 2.05) is 7.05 Å². The first-order valence-electron chi connectivity index (χ1n) is 26.8. The lowest BCUT2D eigenvalue weighted by atomic mass is 10.0. The second kappa shape index (κ2) is 48.1. The molecule has 0 saturated heterocycles. The Kier molecular flexibility index (Phi) is 45.6. The van der Waals surface area contributed by atoms with E-state index in [1.54, 1.807) is 0 Å². The molecule has 0 aliphatic rings. The summed E-state index contributed by atoms with van der Waals surface area (Å²) in [7, 11) is 1.99. The van der Waals surface area contributed by atoms with E-state index in [1.165, 1.54) is 51.4 Å². The van der Waals surface area contributed by atoms with Gasteiger partial charge in [-0.15, -0.1) is 0 Å². The van der Waals surface area contributed by atoms with E-state index in [-0.39, 0.29) is 44.4 Å². The number of hydrogen-bond acceptors (Lipinski definition) is 9. The quantitative estimate of drug-likeness (QED) is 0.0275. The van der Waals surface area contributed by atoms with Crippen LogP contribution in [0, 0.1) is 5.92 Å². The van der Waals surface area contributed by atoms with Gasteiger partial charge in [0.05, 0.1) is 0 Å². The SMILES string of the molecule is CCCCC/C=C\C/C=C\CCCCCCCC(=O)OCC(COC(=O)CCCCCCC/C=C\C/C=C\CCCCC)OC(=O)CCC(CCCCC(C)C)OC(=O)NCCN(C)CC. The van der Waals surface area contributed by atoms with E-state index in [0.717, 1.165) is 116 Å². The fourth-order valence-electron chi connectivity index (χ4n) is 7.20. The molecule has 66 heavy (non-hydrogen) atoms. The largest absolute Gasteiger partial charge is 0.462 e. The average Bonchev–Trinajstić information content (AvgIpc) is 3.30. The average molecular weight is 929 g/mol. The Hall–Kier alpha value is -3.40. The second-order valence-electron chi connectivity index (χ2n) is 18.5. The van der Waals surface area contributed by atoms with Crippen molar-refractivity contribution in [2.75, 3.05) is 39.9 Å². The Morgan fingerprint density at radius 2 is 0.939 bits per heavy atom. The van der Waals surface area contributed by atoms with E-state index in [2.05, 4.69) is 93.4 Å². The highest BCUT2D eigenvalue weighted by Crippen LogP contribution is 2.17. The lowest BCUT2D eigenvalue weighted by Gasteiger charge is -2.21. The third-order valence-electron chi connectivity index (χ3n) is 11.6. The summed E-state index contributed by atoms with van der Waals surface area (Å²) in [4.78, 5) is 53.4. The van der Waals surface area contributed by atoms with Crippen LogP contribution in [-0.4, -0.2) is 81.0 Å². The zero-order valence-electron chi connectivity index (χ0n) is 43.3. The highest BCUT2D eigenvalue weighted by molar-refractivity contribution is 5.71. The molecular weight excluding hydrogens is 829 g/mol. The minimum Gasteiger partial charge on any atom is -0.462 e. The minimum atomic E-state index is -0.927. The summed E-state index contributed by atoms with van der Waals surface area (Å²) >= 11 is 0. The number of nitrogens with one attached hydrogen (secondary N) is 1. The number of rotatable bonds is 46. The molecule has 1 atom stereocenters. The Morgan fingerprint density at radius 1 is 0.485 bits per heavy atom. The highest BCUT2D eigenvalue weighted by Gasteiger charge is 2.22. The number of hydrogen-bond donors (Lipinski definition) is 1. The van der Waals surface area contributed by atoms with E-state index in [9.17, 15) is 19.2 Å². The van der Waals surface area contributed by atoms with Crippen LogP contribution in [0.2, 0.25) is 0 Å². The van der Waals surface area contributed by atoms with Gasteiger partial charge >= 0.3 is 24.0 Å². The monoisotopic (exact) mass is 929 g/mol. The maximum atomic E-state index is 13.2. The zero-order valence-corrected chi connectivity index (χ0v) is 43.3. The molecule has 0 aromatic heterocycles. The number of amides is 1. The summed E-state index contributed by atoms with van der Waals surface area (Å²) in [6.45, 7) is 12.6. The molecule has 1 unspecified atom stereocenters. The van der Waals surface area contributed by atoms with Gasteiger partial charge in [-0.2, -0.15) is 0 Å². The maximum absolute atomic E-state index is 13.2. The van der Waals surface area contributed by atoms with Gasteiger partial charge in [-0.25, -0.2) is 4.79 Å². The van der Waals surface area contributed by atoms with Crippen LogP contribution in [0.25, 0.3) is 0 Å². The number of allylic oxidation sites excluding steroid dienone is 8. The van der Waals surface area contributed by atoms with Gasteiger partial charge < -0.3 is 29.2 Å². The van der Waals surface area contributed by atoms with E-state index < -0.39 is 24.3 Å². The van der Waals surface area contributed by atoms with Gasteiger partial charge in [-0.3, -0.25) is 14.4 Å². The van der Waals surface area contributed by atoms with Gasteiger partial charge in [0.15, 0.2) is 6.10 Å². The molecule has 0 aromatic rings. The van der Waals surface area contributed by atoms with E-state index in [0.29, 0.717) is 31.8 Å². The van der Waals surface area contributed by atoms with Crippen LogP contribution in [0.15, 0.2) is 48.6 Å². The van der Waals surface area contributed by atoms with Crippen molar-refractivity contribution in [2.24, 2.45) is 5.92 Å². The molecule has 0 rings (SSSR count). The number of carbonyl (C=O) groups is 4. The van der Waals surface area contributed by atoms with Crippen LogP contribution in [0.4, 0.5) is 4.79 Å². The first-order valence-corrected chi connectivity index (χ1v) is 26.8. The van der Waals surface area contributed by atoms with Gasteiger partial charge in [-0.1, -0.05) is 160 Å². The molecule has 0 saturated carbocycles. The molecule has 10 heteroatoms. The molecule has 0 fully saturated rings. The standard InChI is InChI=1S/C56H100N2O8/c1-7-10-12-14-16-18-20-22-24-26-28-30-32-34-36-42-53(59)63-48-52(49-64-54(60)43-37-35-33-31-29-27-25-23-21-19-17-15-13-11-8-2)65-55(61)45-44-51(41-39-38-40-50(4)5)66-56(62)57-46-47-58(6)9-3/h16-19,22-25,50-52H,7-15,20-21,26-49H2,1-6H3,(H,57,62)/b18-16-,19-17-,24-22-,25-23-. The Bertz CT molecular complexity index is 1220. The van der Waals surface area contributed by atoms with Crippen molar-refractivity contribution in [1.82, 2.24) is 10.2 Å². The third-order valence-corrected chi connectivity index (χ3v) is 11.6. The molecule has 0 radical (unpaired) electrons. The molecule has 0 spiro atoms. The van der Waals surface area contributed by atoms with Crippen LogP contribution in [0.3, 0.4) is 0 Å². The number of ether oxygens (including phenoxy) is 4. The fraction of sp³-hybridized carbons (Fsp3) is 0.786. The molecule has 0 aromatic carbocycles. The summed E-state index contributed by atoms with van der Waals surface area (Å²) in [6.07, 6.45) is 44.8. The Balaban J connectivity index is 4.96. The third kappa shape index (κ3) is 45.7. The number of carbonyl (C=O) groups excluding carboxylic acids is 4. The number of nitrogens with zero attached hydrogens (tertiary/aromatic N) is 1. The van der Waals surface area contributed by atoms with Crippen LogP contribution in [0.5, 0.6) is 0 Å². The Morgan fingerprint density at radius 3 is 1.41 bits per heavy atom. The first kappa shape index (κ1) is 62.6. The molecule has 0 aliphatic carbocycles. The number of unbranched alkanes of at least 4 members (excludes halogenated alkanes) is 17. The molecular formula is C56H100N2O8. The van der Waals surface area contributed by atoms with Crippen molar-refractivity contribution < 1.29 is 38.1 Å². The molecule has 382 valence electrons. The van der Waals surface area contributed by atoms with Crippen molar-refractivity contribution in [3.05, 3.63) is 48.6 Å². The Labute approximate surface area is 404 Å². The van der Waals surface area contributed by atoms with E-state index in [4.69, 9.17) is 18.9 Å². The molecule has 0 heterocycles. The van der Waals surface area contributed by atoms with Gasteiger partial charge in [0.1, 0.15) is 19.3 Å². The van der Waals surface area contributed by atoms with Gasteiger partial charge in [0, 0.05) is 32.4 Å². The minimum absolute atomic E-state index is 0.0109. The van der Waals surface area contributed by atoms with Crippen molar-refractivity contribution in [3.63, 3.8) is 0 Å². The number of esters is 3. The first-order chi connectivity index (χ1) is 32.1. The summed E-state index contributed by atoms with van der Waals surface area (Å²) in [5, 5.41) is 2.82. The summed E-state index contributed by atoms with van der Waals surface area (Å²) in [5.41, 5.74) is 0. The topological polar surface area (TPSA) is 120 Å². The lowest BCUT2D eigenvalue weighted by molar-refractivity contribution is -0.167. The lowest BCUT2D eigenvalue weighted by Crippen LogP contribution is -2.35. The van der Waals surface area contributed by atoms with Crippen LogP contribution >= 0.6 is 0 Å². The van der Waals surface area contributed by atoms with Gasteiger partial charge in [0.2, 0.25) is 0 Å². The van der Waals surface area contributed by atoms with E-state index >= 15 is 0 Å². The van der Waals surface area contributed by atoms with Crippen molar-refractivity contribution in [3.8, 4) is 0 Å². The van der Waals surface area contributed by atoms with Crippen molar-refractivity contribution >= 4 is 24.0 Å². The van der Waals surface area contributed by atoms with Gasteiger partial charge in [-0.05, 0) is 116 Å². The highest BCUT2D eigenvalue weighted by atomic mass is 16.6. The van der Waals surface area contributed by atoms with Gasteiger partial charge in [0.25, 0.3) is 0 Å². The summed E-state index contributed by atoms with van der Waals surface area (Å²) in [6, 6.07) is 0. The predicted molar refractivity (Wildman–Crippen MR) is 274 cm³/mol. The van der Waals surface area contributed by atoms with Crippen LogP contribution in [0.1, 0.15) is 227 Å². The smallest absolute Gasteiger partial charge is 0.407 e.